The lowest BCUT2D eigenvalue weighted by atomic mass is 10.2. The number of aliphatic hydroxyl groups excluding tert-OH is 1. The summed E-state index contributed by atoms with van der Waals surface area (Å²) in [4.78, 5) is 17.6. The van der Waals surface area contributed by atoms with Gasteiger partial charge in [-0.15, -0.1) is 0 Å². The minimum Gasteiger partial charge on any atom is -0.395 e. The zero-order valence-corrected chi connectivity index (χ0v) is 11.2. The van der Waals surface area contributed by atoms with Crippen LogP contribution in [-0.2, 0) is 4.74 Å². The van der Waals surface area contributed by atoms with E-state index >= 15 is 0 Å². The van der Waals surface area contributed by atoms with Gasteiger partial charge in [0.05, 0.1) is 18.8 Å². The maximum Gasteiger partial charge on any atom is 0.255 e. The first-order chi connectivity index (χ1) is 8.19. The second-order valence-corrected chi connectivity index (χ2v) is 4.19. The summed E-state index contributed by atoms with van der Waals surface area (Å²) in [7, 11) is 1.57. The molecule has 1 N–H and O–H groups in total. The van der Waals surface area contributed by atoms with Gasteiger partial charge in [0.25, 0.3) is 5.91 Å². The normalized spacial score (nSPS) is 10.3. The molecule has 0 unspecified atom stereocenters. The van der Waals surface area contributed by atoms with Crippen LogP contribution in [0.5, 0.6) is 0 Å². The van der Waals surface area contributed by atoms with E-state index in [2.05, 4.69) is 20.9 Å². The largest absolute Gasteiger partial charge is 0.395 e. The minimum absolute atomic E-state index is 0.0700. The molecule has 0 bridgehead atoms. The van der Waals surface area contributed by atoms with Crippen LogP contribution in [-0.4, -0.2) is 54.3 Å². The van der Waals surface area contributed by atoms with E-state index in [-0.39, 0.29) is 19.1 Å². The lowest BCUT2D eigenvalue weighted by Gasteiger charge is -2.21. The van der Waals surface area contributed by atoms with Crippen LogP contribution in [0.15, 0.2) is 22.9 Å². The van der Waals surface area contributed by atoms with E-state index in [0.29, 0.717) is 23.3 Å². The van der Waals surface area contributed by atoms with E-state index in [1.807, 2.05) is 0 Å². The Balaban J connectivity index is 2.72. The first-order valence-electron chi connectivity index (χ1n) is 5.19. The maximum absolute atomic E-state index is 12.1. The fourth-order valence-electron chi connectivity index (χ4n) is 1.32. The highest BCUT2D eigenvalue weighted by Crippen LogP contribution is 2.08. The van der Waals surface area contributed by atoms with Gasteiger partial charge in [-0.2, -0.15) is 0 Å². The highest BCUT2D eigenvalue weighted by Gasteiger charge is 2.15. The van der Waals surface area contributed by atoms with Gasteiger partial charge in [-0.05, 0) is 28.1 Å². The van der Waals surface area contributed by atoms with Gasteiger partial charge in [0.1, 0.15) is 4.60 Å². The topological polar surface area (TPSA) is 62.7 Å². The molecule has 0 saturated heterocycles. The number of aliphatic hydroxyl groups is 1. The van der Waals surface area contributed by atoms with Crippen molar-refractivity contribution < 1.29 is 14.6 Å². The monoisotopic (exact) mass is 302 g/mol. The fraction of sp³-hybridized carbons (Fsp3) is 0.455. The molecule has 0 radical (unpaired) electrons. The van der Waals surface area contributed by atoms with Gasteiger partial charge in [0, 0.05) is 26.4 Å². The molecule has 0 atom stereocenters. The molecule has 0 fully saturated rings. The predicted molar refractivity (Wildman–Crippen MR) is 66.8 cm³/mol. The van der Waals surface area contributed by atoms with Crippen molar-refractivity contribution in [3.63, 3.8) is 0 Å². The van der Waals surface area contributed by atoms with E-state index in [0.717, 1.165) is 0 Å². The van der Waals surface area contributed by atoms with Gasteiger partial charge in [0.2, 0.25) is 0 Å². The number of methoxy groups -OCH3 is 1. The predicted octanol–water partition coefficient (Wildman–Crippen LogP) is 0.925. The van der Waals surface area contributed by atoms with Crippen LogP contribution in [0.2, 0.25) is 0 Å². The maximum atomic E-state index is 12.1. The lowest BCUT2D eigenvalue weighted by Crippen LogP contribution is -2.36. The molecular formula is C11H15BrN2O3. The van der Waals surface area contributed by atoms with Crippen molar-refractivity contribution in [3.05, 3.63) is 28.5 Å². The van der Waals surface area contributed by atoms with Crippen molar-refractivity contribution in [2.24, 2.45) is 0 Å². The first-order valence-corrected chi connectivity index (χ1v) is 5.99. The van der Waals surface area contributed by atoms with Crippen molar-refractivity contribution in [3.8, 4) is 0 Å². The summed E-state index contributed by atoms with van der Waals surface area (Å²) in [6.07, 6.45) is 1.50. The standard InChI is InChI=1S/C11H15BrN2O3/c1-17-7-5-14(4-6-15)11(16)9-2-3-10(12)13-8-9/h2-3,8,15H,4-7H2,1H3. The minimum atomic E-state index is -0.156. The number of nitrogens with zero attached hydrogens (tertiary/aromatic N) is 2. The van der Waals surface area contributed by atoms with Gasteiger partial charge in [-0.1, -0.05) is 0 Å². The van der Waals surface area contributed by atoms with Crippen molar-refractivity contribution in [1.82, 2.24) is 9.88 Å². The molecule has 0 aliphatic heterocycles. The van der Waals surface area contributed by atoms with Crippen LogP contribution < -0.4 is 0 Å². The van der Waals surface area contributed by atoms with E-state index < -0.39 is 0 Å². The number of carbonyl (C=O) groups is 1. The average molecular weight is 303 g/mol. The summed E-state index contributed by atoms with van der Waals surface area (Å²) in [5, 5.41) is 8.92. The third-order valence-corrected chi connectivity index (χ3v) is 2.67. The zero-order valence-electron chi connectivity index (χ0n) is 9.60. The first kappa shape index (κ1) is 14.1. The number of pyridine rings is 1. The smallest absolute Gasteiger partial charge is 0.255 e. The molecule has 0 saturated carbocycles. The summed E-state index contributed by atoms with van der Waals surface area (Å²) >= 11 is 3.21. The third-order valence-electron chi connectivity index (χ3n) is 2.20. The van der Waals surface area contributed by atoms with Crippen molar-refractivity contribution in [2.45, 2.75) is 0 Å². The van der Waals surface area contributed by atoms with Crippen molar-refractivity contribution in [1.29, 1.82) is 0 Å². The second kappa shape index (κ2) is 7.37. The SMILES string of the molecule is COCCN(CCO)C(=O)c1ccc(Br)nc1. The quantitative estimate of drug-likeness (QED) is 0.794. The highest BCUT2D eigenvalue weighted by molar-refractivity contribution is 9.10. The summed E-state index contributed by atoms with van der Waals surface area (Å²) in [5.41, 5.74) is 0.498. The highest BCUT2D eigenvalue weighted by atomic mass is 79.9. The van der Waals surface area contributed by atoms with Gasteiger partial charge in [-0.3, -0.25) is 4.79 Å². The summed E-state index contributed by atoms with van der Waals surface area (Å²) < 4.78 is 5.61. The Bertz CT molecular complexity index is 356. The number of aromatic nitrogens is 1. The number of rotatable bonds is 6. The molecule has 0 aromatic carbocycles. The molecule has 6 heteroatoms. The zero-order chi connectivity index (χ0) is 12.7. The number of ether oxygens (including phenoxy) is 1. The van der Waals surface area contributed by atoms with Gasteiger partial charge >= 0.3 is 0 Å². The van der Waals surface area contributed by atoms with E-state index in [4.69, 9.17) is 9.84 Å². The third kappa shape index (κ3) is 4.41. The lowest BCUT2D eigenvalue weighted by molar-refractivity contribution is 0.0656. The number of halogens is 1. The number of hydrogen-bond donors (Lipinski definition) is 1. The van der Waals surface area contributed by atoms with Crippen molar-refractivity contribution in [2.75, 3.05) is 33.4 Å². The second-order valence-electron chi connectivity index (χ2n) is 3.38. The molecule has 1 heterocycles. The molecule has 1 amide bonds. The molecule has 17 heavy (non-hydrogen) atoms. The summed E-state index contributed by atoms with van der Waals surface area (Å²) in [6, 6.07) is 3.40. The molecule has 0 aliphatic carbocycles. The summed E-state index contributed by atoms with van der Waals surface area (Å²) in [5.74, 6) is -0.156. The van der Waals surface area contributed by atoms with E-state index in [1.165, 1.54) is 11.1 Å². The summed E-state index contributed by atoms with van der Waals surface area (Å²) in [6.45, 7) is 1.11. The molecule has 0 aliphatic rings. The fourth-order valence-corrected chi connectivity index (χ4v) is 1.56. The Morgan fingerprint density at radius 3 is 2.82 bits per heavy atom. The molecular weight excluding hydrogens is 288 g/mol. The molecule has 1 aromatic heterocycles. The molecule has 5 nitrogen and oxygen atoms in total. The van der Waals surface area contributed by atoms with Crippen LogP contribution >= 0.6 is 15.9 Å². The van der Waals surface area contributed by atoms with Crippen LogP contribution in [0.1, 0.15) is 10.4 Å². The Morgan fingerprint density at radius 1 is 1.53 bits per heavy atom. The van der Waals surface area contributed by atoms with Crippen LogP contribution in [0, 0.1) is 0 Å². The number of amides is 1. The van der Waals surface area contributed by atoms with E-state index in [9.17, 15) is 4.79 Å². The number of hydrogen-bond acceptors (Lipinski definition) is 4. The molecule has 94 valence electrons. The Hall–Kier alpha value is -0.980. The average Bonchev–Trinajstić information content (AvgIpc) is 2.34. The van der Waals surface area contributed by atoms with Crippen LogP contribution in [0.3, 0.4) is 0 Å². The van der Waals surface area contributed by atoms with Gasteiger partial charge in [-0.25, -0.2) is 4.98 Å². The Morgan fingerprint density at radius 2 is 2.29 bits per heavy atom. The van der Waals surface area contributed by atoms with Crippen LogP contribution in [0.4, 0.5) is 0 Å². The van der Waals surface area contributed by atoms with E-state index in [1.54, 1.807) is 19.2 Å². The molecule has 1 aromatic rings. The Kier molecular flexibility index (Phi) is 6.10. The molecule has 1 rings (SSSR count). The van der Waals surface area contributed by atoms with Gasteiger partial charge in [0.15, 0.2) is 0 Å². The molecule has 0 spiro atoms. The Labute approximate surface area is 109 Å². The van der Waals surface area contributed by atoms with Crippen LogP contribution in [0.25, 0.3) is 0 Å². The van der Waals surface area contributed by atoms with Gasteiger partial charge < -0.3 is 14.7 Å². The van der Waals surface area contributed by atoms with Crippen molar-refractivity contribution >= 4 is 21.8 Å². The number of carbonyl (C=O) groups excluding carboxylic acids is 1.